The first-order valence-corrected chi connectivity index (χ1v) is 4.80. The van der Waals surface area contributed by atoms with Crippen molar-refractivity contribution in [2.24, 2.45) is 5.73 Å². The molecule has 0 heterocycles. The third kappa shape index (κ3) is 2.77. The highest BCUT2D eigenvalue weighted by Gasteiger charge is 2.32. The molecule has 0 radical (unpaired) electrons. The molecule has 1 aromatic rings. The highest BCUT2D eigenvalue weighted by molar-refractivity contribution is 6.36. The molecule has 1 atom stereocenters. The van der Waals surface area contributed by atoms with Gasteiger partial charge in [0.1, 0.15) is 0 Å². The van der Waals surface area contributed by atoms with Crippen molar-refractivity contribution >= 4 is 23.2 Å². The molecule has 2 N–H and O–H groups in total. The second-order valence-electron chi connectivity index (χ2n) is 3.14. The monoisotopic (exact) mass is 257 g/mol. The van der Waals surface area contributed by atoms with Crippen LogP contribution >= 0.6 is 23.2 Å². The van der Waals surface area contributed by atoms with Crippen LogP contribution in [0.15, 0.2) is 12.1 Å². The van der Waals surface area contributed by atoms with Crippen LogP contribution in [0.2, 0.25) is 10.0 Å². The van der Waals surface area contributed by atoms with Crippen molar-refractivity contribution < 1.29 is 13.2 Å². The van der Waals surface area contributed by atoms with Crippen LogP contribution < -0.4 is 5.73 Å². The molecule has 6 heteroatoms. The van der Waals surface area contributed by atoms with Crippen LogP contribution in [0.5, 0.6) is 0 Å². The van der Waals surface area contributed by atoms with Gasteiger partial charge < -0.3 is 5.73 Å². The van der Waals surface area contributed by atoms with Crippen LogP contribution in [0.1, 0.15) is 24.1 Å². The maximum atomic E-state index is 12.3. The Hall–Kier alpha value is -0.450. The standard InChI is InChI=1S/C9H8Cl2F3N/c1-4(15)8-6(10)2-5(3-7(8)11)9(12,13)14/h2-4H,15H2,1H3/t4-/m1/s1. The van der Waals surface area contributed by atoms with Gasteiger partial charge in [-0.05, 0) is 19.1 Å². The number of halogens is 5. The molecule has 15 heavy (non-hydrogen) atoms. The fraction of sp³-hybridized carbons (Fsp3) is 0.333. The molecule has 1 nitrogen and oxygen atoms in total. The Kier molecular flexibility index (Phi) is 3.53. The van der Waals surface area contributed by atoms with Crippen LogP contribution in [0.3, 0.4) is 0 Å². The van der Waals surface area contributed by atoms with Crippen LogP contribution in [0.4, 0.5) is 13.2 Å². The molecule has 0 bridgehead atoms. The van der Waals surface area contributed by atoms with Crippen LogP contribution in [0.25, 0.3) is 0 Å². The van der Waals surface area contributed by atoms with Gasteiger partial charge in [0.25, 0.3) is 0 Å². The molecule has 0 amide bonds. The Labute approximate surface area is 95.0 Å². The van der Waals surface area contributed by atoms with Crippen molar-refractivity contribution in [3.05, 3.63) is 33.3 Å². The summed E-state index contributed by atoms with van der Waals surface area (Å²) in [6.45, 7) is 1.60. The second kappa shape index (κ2) is 4.20. The number of hydrogen-bond donors (Lipinski definition) is 1. The first kappa shape index (κ1) is 12.6. The first-order valence-electron chi connectivity index (χ1n) is 4.05. The van der Waals surface area contributed by atoms with Gasteiger partial charge >= 0.3 is 6.18 Å². The maximum absolute atomic E-state index is 12.3. The fourth-order valence-corrected chi connectivity index (χ4v) is 2.01. The lowest BCUT2D eigenvalue weighted by Crippen LogP contribution is -2.10. The van der Waals surface area contributed by atoms with Crippen molar-refractivity contribution in [1.29, 1.82) is 0 Å². The summed E-state index contributed by atoms with van der Waals surface area (Å²) < 4.78 is 37.0. The summed E-state index contributed by atoms with van der Waals surface area (Å²) in [7, 11) is 0. The molecule has 0 unspecified atom stereocenters. The smallest absolute Gasteiger partial charge is 0.324 e. The molecule has 0 aromatic heterocycles. The van der Waals surface area contributed by atoms with E-state index in [9.17, 15) is 13.2 Å². The van der Waals surface area contributed by atoms with Gasteiger partial charge in [0.05, 0.1) is 5.56 Å². The Balaban J connectivity index is 3.32. The summed E-state index contributed by atoms with van der Waals surface area (Å²) in [4.78, 5) is 0. The number of hydrogen-bond acceptors (Lipinski definition) is 1. The SMILES string of the molecule is C[C@@H](N)c1c(Cl)cc(C(F)(F)F)cc1Cl. The zero-order valence-electron chi connectivity index (χ0n) is 7.70. The quantitative estimate of drug-likeness (QED) is 0.808. The summed E-state index contributed by atoms with van der Waals surface area (Å²) in [5.74, 6) is 0. The van der Waals surface area contributed by atoms with Gasteiger partial charge in [-0.1, -0.05) is 23.2 Å². The number of nitrogens with two attached hydrogens (primary N) is 1. The molecule has 0 saturated carbocycles. The van der Waals surface area contributed by atoms with Gasteiger partial charge in [-0.15, -0.1) is 0 Å². The largest absolute Gasteiger partial charge is 0.416 e. The van der Waals surface area contributed by atoms with E-state index in [0.29, 0.717) is 5.56 Å². The molecule has 1 rings (SSSR count). The van der Waals surface area contributed by atoms with Gasteiger partial charge in [0, 0.05) is 21.7 Å². The molecular weight excluding hydrogens is 250 g/mol. The van der Waals surface area contributed by atoms with E-state index in [4.69, 9.17) is 28.9 Å². The lowest BCUT2D eigenvalue weighted by atomic mass is 10.1. The van der Waals surface area contributed by atoms with E-state index in [0.717, 1.165) is 12.1 Å². The first-order chi connectivity index (χ1) is 6.73. The van der Waals surface area contributed by atoms with Gasteiger partial charge in [-0.25, -0.2) is 0 Å². The normalized spacial score (nSPS) is 14.1. The molecule has 0 spiro atoms. The predicted octanol–water partition coefficient (Wildman–Crippen LogP) is 4.03. The van der Waals surface area contributed by atoms with Crippen molar-refractivity contribution in [1.82, 2.24) is 0 Å². The van der Waals surface area contributed by atoms with E-state index in [1.165, 1.54) is 0 Å². The van der Waals surface area contributed by atoms with E-state index in [1.807, 2.05) is 0 Å². The molecule has 0 aliphatic heterocycles. The molecule has 0 aliphatic carbocycles. The third-order valence-corrected chi connectivity index (χ3v) is 2.49. The maximum Gasteiger partial charge on any atom is 0.416 e. The lowest BCUT2D eigenvalue weighted by Gasteiger charge is -2.14. The second-order valence-corrected chi connectivity index (χ2v) is 3.95. The fourth-order valence-electron chi connectivity index (χ4n) is 1.18. The minimum absolute atomic E-state index is 0.0650. The molecule has 0 fully saturated rings. The van der Waals surface area contributed by atoms with E-state index >= 15 is 0 Å². The van der Waals surface area contributed by atoms with Gasteiger partial charge in [0.2, 0.25) is 0 Å². The summed E-state index contributed by atoms with van der Waals surface area (Å²) >= 11 is 11.3. The minimum Gasteiger partial charge on any atom is -0.324 e. The van der Waals surface area contributed by atoms with E-state index in [-0.39, 0.29) is 10.0 Å². The van der Waals surface area contributed by atoms with Crippen LogP contribution in [-0.4, -0.2) is 0 Å². The highest BCUT2D eigenvalue weighted by atomic mass is 35.5. The predicted molar refractivity (Wildman–Crippen MR) is 54.1 cm³/mol. The summed E-state index contributed by atoms with van der Waals surface area (Å²) in [6.07, 6.45) is -4.45. The topological polar surface area (TPSA) is 26.0 Å². The van der Waals surface area contributed by atoms with Gasteiger partial charge in [-0.3, -0.25) is 0 Å². The van der Waals surface area contributed by atoms with Gasteiger partial charge in [-0.2, -0.15) is 13.2 Å². The van der Waals surface area contributed by atoms with Crippen molar-refractivity contribution in [3.63, 3.8) is 0 Å². The van der Waals surface area contributed by atoms with Gasteiger partial charge in [0.15, 0.2) is 0 Å². The summed E-state index contributed by atoms with van der Waals surface area (Å²) in [5, 5.41) is -0.130. The Morgan fingerprint density at radius 3 is 1.87 bits per heavy atom. The zero-order chi connectivity index (χ0) is 11.8. The van der Waals surface area contributed by atoms with E-state index in [1.54, 1.807) is 6.92 Å². The molecule has 0 aliphatic rings. The summed E-state index contributed by atoms with van der Waals surface area (Å²) in [6, 6.07) is 1.14. The van der Waals surface area contributed by atoms with Crippen molar-refractivity contribution in [3.8, 4) is 0 Å². The number of benzene rings is 1. The molecule has 1 aromatic carbocycles. The van der Waals surface area contributed by atoms with Crippen LogP contribution in [0, 0.1) is 0 Å². The zero-order valence-corrected chi connectivity index (χ0v) is 9.21. The average Bonchev–Trinajstić information content (AvgIpc) is 1.99. The van der Waals surface area contributed by atoms with Crippen molar-refractivity contribution in [2.45, 2.75) is 19.1 Å². The average molecular weight is 258 g/mol. The third-order valence-electron chi connectivity index (χ3n) is 1.86. The Bertz CT molecular complexity index is 351. The Morgan fingerprint density at radius 2 is 1.60 bits per heavy atom. The highest BCUT2D eigenvalue weighted by Crippen LogP contribution is 2.37. The molecule has 84 valence electrons. The number of rotatable bonds is 1. The Morgan fingerprint density at radius 1 is 1.20 bits per heavy atom. The minimum atomic E-state index is -4.45. The van der Waals surface area contributed by atoms with E-state index < -0.39 is 17.8 Å². The molecule has 0 saturated heterocycles. The van der Waals surface area contributed by atoms with Crippen molar-refractivity contribution in [2.75, 3.05) is 0 Å². The van der Waals surface area contributed by atoms with Crippen LogP contribution in [-0.2, 0) is 6.18 Å². The van der Waals surface area contributed by atoms with E-state index in [2.05, 4.69) is 0 Å². The summed E-state index contributed by atoms with van der Waals surface area (Å²) in [5.41, 5.74) is 4.98. The lowest BCUT2D eigenvalue weighted by molar-refractivity contribution is -0.137. The number of alkyl halides is 3. The molecular formula is C9H8Cl2F3N.